The van der Waals surface area contributed by atoms with E-state index in [0.29, 0.717) is 0 Å². The Bertz CT molecular complexity index is 565. The van der Waals surface area contributed by atoms with Crippen molar-refractivity contribution in [3.63, 3.8) is 0 Å². The van der Waals surface area contributed by atoms with Gasteiger partial charge in [0.15, 0.2) is 0 Å². The Morgan fingerprint density at radius 2 is 1.89 bits per heavy atom. The number of aliphatic carboxylic acids is 1. The smallest absolute Gasteiger partial charge is 0.304 e. The number of hydrogen-bond donors (Lipinski definition) is 2. The highest BCUT2D eigenvalue weighted by Crippen LogP contribution is 2.24. The van der Waals surface area contributed by atoms with Crippen LogP contribution >= 0.6 is 0 Å². The van der Waals surface area contributed by atoms with E-state index in [9.17, 15) is 4.79 Å². The Morgan fingerprint density at radius 3 is 2.56 bits per heavy atom. The number of carboxylic acids is 1. The molecule has 0 aromatic heterocycles. The van der Waals surface area contributed by atoms with Gasteiger partial charge < -0.3 is 10.8 Å². The monoisotopic (exact) mass is 243 g/mol. The average molecular weight is 243 g/mol. The summed E-state index contributed by atoms with van der Waals surface area (Å²) in [6.45, 7) is 1.97. The second-order valence-electron chi connectivity index (χ2n) is 4.66. The molecule has 2 unspecified atom stereocenters. The third-order valence-electron chi connectivity index (χ3n) is 3.35. The average Bonchev–Trinajstić information content (AvgIpc) is 2.36. The minimum Gasteiger partial charge on any atom is -0.481 e. The number of hydrogen-bond acceptors (Lipinski definition) is 2. The van der Waals surface area contributed by atoms with Crippen LogP contribution in [0.15, 0.2) is 42.5 Å². The number of rotatable bonds is 4. The van der Waals surface area contributed by atoms with Gasteiger partial charge in [-0.15, -0.1) is 0 Å². The van der Waals surface area contributed by atoms with E-state index in [1.54, 1.807) is 0 Å². The second kappa shape index (κ2) is 5.19. The molecule has 2 atom stereocenters. The molecule has 0 spiro atoms. The van der Waals surface area contributed by atoms with E-state index in [2.05, 4.69) is 18.2 Å². The Morgan fingerprint density at radius 1 is 1.22 bits per heavy atom. The molecule has 18 heavy (non-hydrogen) atoms. The first-order valence-corrected chi connectivity index (χ1v) is 6.04. The molecule has 0 radical (unpaired) electrons. The normalized spacial score (nSPS) is 14.3. The molecule has 94 valence electrons. The van der Waals surface area contributed by atoms with Crippen LogP contribution in [-0.2, 0) is 4.79 Å². The molecule has 2 aromatic rings. The van der Waals surface area contributed by atoms with Gasteiger partial charge in [-0.3, -0.25) is 4.79 Å². The topological polar surface area (TPSA) is 63.3 Å². The molecule has 0 aliphatic carbocycles. The fourth-order valence-corrected chi connectivity index (χ4v) is 2.12. The summed E-state index contributed by atoms with van der Waals surface area (Å²) in [4.78, 5) is 10.7. The van der Waals surface area contributed by atoms with E-state index >= 15 is 0 Å². The fraction of sp³-hybridized carbons (Fsp3) is 0.267. The van der Waals surface area contributed by atoms with Crippen molar-refractivity contribution in [3.8, 4) is 0 Å². The molecule has 0 bridgehead atoms. The summed E-state index contributed by atoms with van der Waals surface area (Å²) in [7, 11) is 0. The Hall–Kier alpha value is -1.87. The molecule has 0 saturated carbocycles. The zero-order valence-corrected chi connectivity index (χ0v) is 10.3. The highest BCUT2D eigenvalue weighted by Gasteiger charge is 2.17. The highest BCUT2D eigenvalue weighted by atomic mass is 16.4. The minimum atomic E-state index is -0.852. The quantitative estimate of drug-likeness (QED) is 0.867. The van der Waals surface area contributed by atoms with Crippen LogP contribution in [0.1, 0.15) is 24.8 Å². The second-order valence-corrected chi connectivity index (χ2v) is 4.66. The molecular weight excluding hydrogens is 226 g/mol. The van der Waals surface area contributed by atoms with Crippen molar-refractivity contribution >= 4 is 16.7 Å². The summed E-state index contributed by atoms with van der Waals surface area (Å²) in [5, 5.41) is 11.1. The third-order valence-corrected chi connectivity index (χ3v) is 3.35. The van der Waals surface area contributed by atoms with Gasteiger partial charge in [0.05, 0.1) is 6.42 Å². The summed E-state index contributed by atoms with van der Waals surface area (Å²) in [6.07, 6.45) is -0.00596. The maximum atomic E-state index is 10.7. The van der Waals surface area contributed by atoms with Crippen LogP contribution in [0.4, 0.5) is 0 Å². The van der Waals surface area contributed by atoms with Gasteiger partial charge >= 0.3 is 5.97 Å². The van der Waals surface area contributed by atoms with E-state index < -0.39 is 5.97 Å². The first kappa shape index (κ1) is 12.6. The number of carboxylic acid groups (broad SMARTS) is 1. The van der Waals surface area contributed by atoms with Crippen molar-refractivity contribution in [1.29, 1.82) is 0 Å². The number of nitrogens with two attached hydrogens (primary N) is 1. The SMILES string of the molecule is CC(c1ccc2ccccc2c1)C(N)CC(=O)O. The van der Waals surface area contributed by atoms with E-state index in [0.717, 1.165) is 10.9 Å². The van der Waals surface area contributed by atoms with Crippen LogP contribution in [0.2, 0.25) is 0 Å². The third kappa shape index (κ3) is 2.68. The van der Waals surface area contributed by atoms with E-state index in [4.69, 9.17) is 10.8 Å². The lowest BCUT2D eigenvalue weighted by atomic mass is 9.90. The van der Waals surface area contributed by atoms with Gasteiger partial charge in [-0.1, -0.05) is 49.4 Å². The molecule has 0 amide bonds. The van der Waals surface area contributed by atoms with Gasteiger partial charge in [0.1, 0.15) is 0 Å². The van der Waals surface area contributed by atoms with Gasteiger partial charge in [0, 0.05) is 6.04 Å². The Kier molecular flexibility index (Phi) is 3.63. The van der Waals surface area contributed by atoms with E-state index in [1.807, 2.05) is 31.2 Å². The van der Waals surface area contributed by atoms with E-state index in [1.165, 1.54) is 5.39 Å². The summed E-state index contributed by atoms with van der Waals surface area (Å²) in [5.41, 5.74) is 7.00. The molecule has 0 heterocycles. The number of benzene rings is 2. The van der Waals surface area contributed by atoms with Crippen molar-refractivity contribution in [2.75, 3.05) is 0 Å². The lowest BCUT2D eigenvalue weighted by Gasteiger charge is -2.19. The fourth-order valence-electron chi connectivity index (χ4n) is 2.12. The number of fused-ring (bicyclic) bond motifs is 1. The first-order chi connectivity index (χ1) is 8.58. The first-order valence-electron chi connectivity index (χ1n) is 6.04. The van der Waals surface area contributed by atoms with Crippen molar-refractivity contribution in [2.24, 2.45) is 5.73 Å². The molecular formula is C15H17NO2. The predicted molar refractivity (Wildman–Crippen MR) is 72.6 cm³/mol. The maximum absolute atomic E-state index is 10.7. The van der Waals surface area contributed by atoms with Crippen molar-refractivity contribution in [2.45, 2.75) is 25.3 Å². The lowest BCUT2D eigenvalue weighted by Crippen LogP contribution is -2.29. The van der Waals surface area contributed by atoms with Gasteiger partial charge in [-0.25, -0.2) is 0 Å². The van der Waals surface area contributed by atoms with Gasteiger partial charge in [0.25, 0.3) is 0 Å². The number of carbonyl (C=O) groups is 1. The summed E-state index contributed by atoms with van der Waals surface area (Å²) >= 11 is 0. The zero-order chi connectivity index (χ0) is 13.1. The van der Waals surface area contributed by atoms with Crippen molar-refractivity contribution in [1.82, 2.24) is 0 Å². The summed E-state index contributed by atoms with van der Waals surface area (Å²) < 4.78 is 0. The van der Waals surface area contributed by atoms with Crippen LogP contribution in [0, 0.1) is 0 Å². The molecule has 0 fully saturated rings. The molecule has 0 aliphatic rings. The van der Waals surface area contributed by atoms with Crippen molar-refractivity contribution in [3.05, 3.63) is 48.0 Å². The molecule has 0 saturated heterocycles. The van der Waals surface area contributed by atoms with Crippen LogP contribution in [0.5, 0.6) is 0 Å². The molecule has 2 rings (SSSR count). The van der Waals surface area contributed by atoms with Gasteiger partial charge in [-0.05, 0) is 22.3 Å². The predicted octanol–water partition coefficient (Wildman–Crippen LogP) is 2.75. The molecule has 3 N–H and O–H groups in total. The van der Waals surface area contributed by atoms with Gasteiger partial charge in [-0.2, -0.15) is 0 Å². The lowest BCUT2D eigenvalue weighted by molar-refractivity contribution is -0.137. The largest absolute Gasteiger partial charge is 0.481 e. The summed E-state index contributed by atoms with van der Waals surface area (Å²) in [6, 6.07) is 13.9. The molecule has 3 heteroatoms. The van der Waals surface area contributed by atoms with Crippen LogP contribution in [0.3, 0.4) is 0 Å². The maximum Gasteiger partial charge on any atom is 0.304 e. The standard InChI is InChI=1S/C15H17NO2/c1-10(14(16)9-15(17)18)12-7-6-11-4-2-3-5-13(11)8-12/h2-8,10,14H,9,16H2,1H3,(H,17,18). The van der Waals surface area contributed by atoms with Gasteiger partial charge in [0.2, 0.25) is 0 Å². The minimum absolute atomic E-state index is 0.00596. The van der Waals surface area contributed by atoms with Crippen LogP contribution in [-0.4, -0.2) is 17.1 Å². The zero-order valence-electron chi connectivity index (χ0n) is 10.3. The Labute approximate surface area is 106 Å². The highest BCUT2D eigenvalue weighted by molar-refractivity contribution is 5.83. The molecule has 0 aliphatic heterocycles. The summed E-state index contributed by atoms with van der Waals surface area (Å²) in [5.74, 6) is -0.819. The van der Waals surface area contributed by atoms with Crippen LogP contribution in [0.25, 0.3) is 10.8 Å². The van der Waals surface area contributed by atoms with Crippen molar-refractivity contribution < 1.29 is 9.90 Å². The van der Waals surface area contributed by atoms with E-state index in [-0.39, 0.29) is 18.4 Å². The molecule has 3 nitrogen and oxygen atoms in total. The Balaban J connectivity index is 2.27. The molecule has 2 aromatic carbocycles. The van der Waals surface area contributed by atoms with Crippen LogP contribution < -0.4 is 5.73 Å².